The second kappa shape index (κ2) is 5.27. The van der Waals surface area contributed by atoms with E-state index in [1.54, 1.807) is 0 Å². The molecule has 2 saturated carbocycles. The van der Waals surface area contributed by atoms with Crippen molar-refractivity contribution in [2.24, 2.45) is 5.41 Å². The number of aliphatic hydroxyl groups excluding tert-OH is 1. The number of aliphatic hydroxyl groups is 1. The minimum atomic E-state index is -0.0799. The predicted molar refractivity (Wildman–Crippen MR) is 72.1 cm³/mol. The summed E-state index contributed by atoms with van der Waals surface area (Å²) in [5, 5.41) is 10.1. The molecule has 2 unspecified atom stereocenters. The van der Waals surface area contributed by atoms with Crippen LogP contribution in [0.4, 0.5) is 0 Å². The van der Waals surface area contributed by atoms with Gasteiger partial charge in [0, 0.05) is 12.1 Å². The summed E-state index contributed by atoms with van der Waals surface area (Å²) in [6.07, 6.45) is 9.93. The van der Waals surface area contributed by atoms with Crippen molar-refractivity contribution in [3.8, 4) is 0 Å². The first-order valence-corrected chi connectivity index (χ1v) is 7.40. The molecule has 0 aromatic carbocycles. The van der Waals surface area contributed by atoms with Crippen molar-refractivity contribution in [1.29, 1.82) is 0 Å². The lowest BCUT2D eigenvalue weighted by Gasteiger charge is -2.44. The number of rotatable bonds is 2. The highest BCUT2D eigenvalue weighted by Gasteiger charge is 2.34. The maximum atomic E-state index is 10.1. The second-order valence-electron chi connectivity index (χ2n) is 6.98. The summed E-state index contributed by atoms with van der Waals surface area (Å²) in [4.78, 5) is 2.50. The minimum absolute atomic E-state index is 0.0799. The quantitative estimate of drug-likeness (QED) is 0.800. The Labute approximate surface area is 106 Å². The second-order valence-corrected chi connectivity index (χ2v) is 6.98. The molecule has 0 amide bonds. The topological polar surface area (TPSA) is 23.5 Å². The summed E-state index contributed by atoms with van der Waals surface area (Å²) >= 11 is 0. The highest BCUT2D eigenvalue weighted by Crippen LogP contribution is 2.38. The van der Waals surface area contributed by atoms with Gasteiger partial charge in [0.25, 0.3) is 0 Å². The van der Waals surface area contributed by atoms with Crippen molar-refractivity contribution in [1.82, 2.24) is 4.90 Å². The van der Waals surface area contributed by atoms with E-state index in [1.807, 2.05) is 0 Å². The third-order valence-electron chi connectivity index (χ3n) is 5.10. The fraction of sp³-hybridized carbons (Fsp3) is 1.00. The molecule has 0 bridgehead atoms. The van der Waals surface area contributed by atoms with Gasteiger partial charge >= 0.3 is 0 Å². The van der Waals surface area contributed by atoms with Crippen LogP contribution in [-0.4, -0.2) is 35.2 Å². The van der Waals surface area contributed by atoms with Crippen LogP contribution in [0.15, 0.2) is 0 Å². The fourth-order valence-electron chi connectivity index (χ4n) is 3.63. The van der Waals surface area contributed by atoms with Gasteiger partial charge in [-0.1, -0.05) is 26.7 Å². The van der Waals surface area contributed by atoms with Gasteiger partial charge in [0.1, 0.15) is 0 Å². The molecule has 0 aromatic rings. The maximum Gasteiger partial charge on any atom is 0.0695 e. The molecular weight excluding hydrogens is 210 g/mol. The summed E-state index contributed by atoms with van der Waals surface area (Å²) < 4.78 is 0. The Balaban J connectivity index is 1.89. The van der Waals surface area contributed by atoms with E-state index >= 15 is 0 Å². The van der Waals surface area contributed by atoms with Gasteiger partial charge < -0.3 is 5.11 Å². The van der Waals surface area contributed by atoms with Gasteiger partial charge in [0.15, 0.2) is 0 Å². The van der Waals surface area contributed by atoms with Crippen LogP contribution in [-0.2, 0) is 0 Å². The monoisotopic (exact) mass is 239 g/mol. The molecule has 0 aromatic heterocycles. The lowest BCUT2D eigenvalue weighted by atomic mass is 9.75. The Morgan fingerprint density at radius 2 is 1.59 bits per heavy atom. The Morgan fingerprint density at radius 1 is 1.00 bits per heavy atom. The van der Waals surface area contributed by atoms with Crippen molar-refractivity contribution in [2.75, 3.05) is 7.05 Å². The van der Waals surface area contributed by atoms with Crippen LogP contribution in [0.2, 0.25) is 0 Å². The van der Waals surface area contributed by atoms with E-state index in [2.05, 4.69) is 25.8 Å². The minimum Gasteiger partial charge on any atom is -0.391 e. The Morgan fingerprint density at radius 3 is 2.18 bits per heavy atom. The van der Waals surface area contributed by atoms with Crippen molar-refractivity contribution in [3.05, 3.63) is 0 Å². The van der Waals surface area contributed by atoms with Crippen molar-refractivity contribution >= 4 is 0 Å². The molecule has 17 heavy (non-hydrogen) atoms. The van der Waals surface area contributed by atoms with E-state index in [0.29, 0.717) is 17.5 Å². The summed E-state index contributed by atoms with van der Waals surface area (Å²) in [6, 6.07) is 1.13. The zero-order valence-corrected chi connectivity index (χ0v) is 11.8. The van der Waals surface area contributed by atoms with Crippen LogP contribution in [0.1, 0.15) is 65.2 Å². The molecule has 1 N–H and O–H groups in total. The molecule has 2 aliphatic rings. The van der Waals surface area contributed by atoms with Crippen LogP contribution in [0.3, 0.4) is 0 Å². The SMILES string of the molecule is CN(C1CCC(C)(C)CC1)C1CCCCC1O. The van der Waals surface area contributed by atoms with Gasteiger partial charge in [-0.2, -0.15) is 0 Å². The molecule has 0 saturated heterocycles. The number of hydrogen-bond acceptors (Lipinski definition) is 2. The van der Waals surface area contributed by atoms with Gasteiger partial charge in [-0.05, 0) is 51.0 Å². The summed E-state index contributed by atoms with van der Waals surface area (Å²) in [6.45, 7) is 4.78. The molecule has 2 heteroatoms. The lowest BCUT2D eigenvalue weighted by molar-refractivity contribution is -0.00329. The lowest BCUT2D eigenvalue weighted by Crippen LogP contribution is -2.49. The average molecular weight is 239 g/mol. The van der Waals surface area contributed by atoms with Gasteiger partial charge in [-0.3, -0.25) is 4.90 Å². The van der Waals surface area contributed by atoms with E-state index in [1.165, 1.54) is 44.9 Å². The first kappa shape index (κ1) is 13.4. The van der Waals surface area contributed by atoms with Crippen LogP contribution in [0.5, 0.6) is 0 Å². The Kier molecular flexibility index (Phi) is 4.14. The zero-order valence-electron chi connectivity index (χ0n) is 11.8. The smallest absolute Gasteiger partial charge is 0.0695 e. The summed E-state index contributed by atoms with van der Waals surface area (Å²) in [5.74, 6) is 0. The van der Waals surface area contributed by atoms with Gasteiger partial charge in [0.05, 0.1) is 6.10 Å². The first-order valence-electron chi connectivity index (χ1n) is 7.40. The average Bonchev–Trinajstić information content (AvgIpc) is 2.29. The van der Waals surface area contributed by atoms with E-state index in [4.69, 9.17) is 0 Å². The van der Waals surface area contributed by atoms with E-state index in [0.717, 1.165) is 6.42 Å². The van der Waals surface area contributed by atoms with Crippen molar-refractivity contribution in [2.45, 2.75) is 83.4 Å². The highest BCUT2D eigenvalue weighted by molar-refractivity contribution is 4.89. The Hall–Kier alpha value is -0.0800. The predicted octanol–water partition coefficient (Wildman–Crippen LogP) is 3.19. The van der Waals surface area contributed by atoms with Crippen molar-refractivity contribution < 1.29 is 5.11 Å². The van der Waals surface area contributed by atoms with E-state index in [9.17, 15) is 5.11 Å². The Bertz CT molecular complexity index is 241. The fourth-order valence-corrected chi connectivity index (χ4v) is 3.63. The van der Waals surface area contributed by atoms with Crippen LogP contribution < -0.4 is 0 Å². The molecule has 2 rings (SSSR count). The molecule has 0 heterocycles. The number of likely N-dealkylation sites (N-methyl/N-ethyl adjacent to an activating group) is 1. The molecule has 2 nitrogen and oxygen atoms in total. The van der Waals surface area contributed by atoms with Crippen molar-refractivity contribution in [3.63, 3.8) is 0 Å². The summed E-state index contributed by atoms with van der Waals surface area (Å²) in [7, 11) is 2.24. The number of nitrogens with zero attached hydrogens (tertiary/aromatic N) is 1. The molecule has 0 radical (unpaired) electrons. The normalized spacial score (nSPS) is 35.1. The third-order valence-corrected chi connectivity index (χ3v) is 5.10. The maximum absolute atomic E-state index is 10.1. The molecule has 100 valence electrons. The third kappa shape index (κ3) is 3.23. The van der Waals surface area contributed by atoms with Crippen LogP contribution >= 0.6 is 0 Å². The first-order chi connectivity index (χ1) is 7.99. The van der Waals surface area contributed by atoms with Crippen LogP contribution in [0.25, 0.3) is 0 Å². The molecular formula is C15H29NO. The number of hydrogen-bond donors (Lipinski definition) is 1. The molecule has 0 spiro atoms. The zero-order chi connectivity index (χ0) is 12.5. The largest absolute Gasteiger partial charge is 0.391 e. The highest BCUT2D eigenvalue weighted by atomic mass is 16.3. The van der Waals surface area contributed by atoms with Crippen LogP contribution in [0, 0.1) is 5.41 Å². The molecule has 2 atom stereocenters. The van der Waals surface area contributed by atoms with Gasteiger partial charge in [0.2, 0.25) is 0 Å². The van der Waals surface area contributed by atoms with Gasteiger partial charge in [-0.25, -0.2) is 0 Å². The molecule has 0 aliphatic heterocycles. The molecule has 2 aliphatic carbocycles. The van der Waals surface area contributed by atoms with E-state index in [-0.39, 0.29) is 6.10 Å². The standard InChI is InChI=1S/C15H29NO/c1-15(2)10-8-12(9-11-15)16(3)13-6-4-5-7-14(13)17/h12-14,17H,4-11H2,1-3H3. The van der Waals surface area contributed by atoms with E-state index < -0.39 is 0 Å². The summed E-state index contributed by atoms with van der Waals surface area (Å²) in [5.41, 5.74) is 0.544. The molecule has 2 fully saturated rings. The van der Waals surface area contributed by atoms with Gasteiger partial charge in [-0.15, -0.1) is 0 Å².